The number of thioether (sulfide) groups is 1. The van der Waals surface area contributed by atoms with Crippen LogP contribution < -0.4 is 4.74 Å². The fourth-order valence-corrected chi connectivity index (χ4v) is 5.61. The quantitative estimate of drug-likeness (QED) is 0.567. The molecule has 2 atom stereocenters. The van der Waals surface area contributed by atoms with Gasteiger partial charge in [-0.1, -0.05) is 29.8 Å². The van der Waals surface area contributed by atoms with Crippen LogP contribution in [0.25, 0.3) is 10.9 Å². The Morgan fingerprint density at radius 1 is 1.27 bits per heavy atom. The summed E-state index contributed by atoms with van der Waals surface area (Å²) in [6.45, 7) is 0.701. The summed E-state index contributed by atoms with van der Waals surface area (Å²) in [5.41, 5.74) is 4.50. The molecule has 0 saturated heterocycles. The average Bonchev–Trinajstić information content (AvgIpc) is 3.40. The summed E-state index contributed by atoms with van der Waals surface area (Å²) in [6.07, 6.45) is 4.50. The number of carbonyl (C=O) groups excluding carboxylic acids is 1. The molecule has 3 heterocycles. The largest absolute Gasteiger partial charge is 0.497 e. The van der Waals surface area contributed by atoms with E-state index in [-0.39, 0.29) is 11.9 Å². The molecule has 0 spiro atoms. The molecule has 30 heavy (non-hydrogen) atoms. The topological polar surface area (TPSA) is 45.3 Å². The Morgan fingerprint density at radius 2 is 2.10 bits per heavy atom. The minimum absolute atomic E-state index is 0.141. The lowest BCUT2D eigenvalue weighted by Crippen LogP contribution is -2.41. The summed E-state index contributed by atoms with van der Waals surface area (Å²) < 4.78 is 5.34. The molecule has 154 valence electrons. The van der Waals surface area contributed by atoms with Gasteiger partial charge in [-0.3, -0.25) is 4.79 Å². The second kappa shape index (κ2) is 8.05. The van der Waals surface area contributed by atoms with Crippen LogP contribution in [-0.2, 0) is 11.2 Å². The van der Waals surface area contributed by atoms with Gasteiger partial charge in [-0.25, -0.2) is 0 Å². The van der Waals surface area contributed by atoms with Gasteiger partial charge in [0.2, 0.25) is 5.91 Å². The molecule has 0 aliphatic carbocycles. The van der Waals surface area contributed by atoms with Crippen molar-refractivity contribution >= 4 is 40.2 Å². The Hall–Kier alpha value is -2.37. The number of aromatic nitrogens is 1. The monoisotopic (exact) mass is 438 g/mol. The minimum atomic E-state index is -0.141. The number of fused-ring (bicyclic) bond motifs is 3. The molecule has 4 nitrogen and oxygen atoms in total. The van der Waals surface area contributed by atoms with Crippen molar-refractivity contribution in [3.63, 3.8) is 0 Å². The predicted octanol–water partition coefficient (Wildman–Crippen LogP) is 5.71. The zero-order valence-corrected chi connectivity index (χ0v) is 18.3. The summed E-state index contributed by atoms with van der Waals surface area (Å²) in [5.74, 6) is 1.02. The van der Waals surface area contributed by atoms with Crippen molar-refractivity contribution in [2.45, 2.75) is 30.6 Å². The van der Waals surface area contributed by atoms with E-state index >= 15 is 0 Å². The highest BCUT2D eigenvalue weighted by Crippen LogP contribution is 2.40. The number of nitrogens with one attached hydrogen (secondary N) is 1. The van der Waals surface area contributed by atoms with Crippen LogP contribution in [-0.4, -0.2) is 34.7 Å². The molecule has 3 aromatic rings. The molecule has 0 radical (unpaired) electrons. The van der Waals surface area contributed by atoms with Crippen LogP contribution in [0.3, 0.4) is 0 Å². The average molecular weight is 439 g/mol. The van der Waals surface area contributed by atoms with Crippen molar-refractivity contribution < 1.29 is 9.53 Å². The van der Waals surface area contributed by atoms with Crippen LogP contribution >= 0.6 is 23.4 Å². The smallest absolute Gasteiger partial charge is 0.224 e. The van der Waals surface area contributed by atoms with Crippen molar-refractivity contribution in [2.24, 2.45) is 0 Å². The van der Waals surface area contributed by atoms with Crippen LogP contribution in [0, 0.1) is 0 Å². The summed E-state index contributed by atoms with van der Waals surface area (Å²) in [4.78, 5) is 19.0. The zero-order valence-electron chi connectivity index (χ0n) is 16.7. The first-order valence-corrected chi connectivity index (χ1v) is 11.5. The number of methoxy groups -OCH3 is 1. The van der Waals surface area contributed by atoms with Gasteiger partial charge in [-0.15, -0.1) is 11.8 Å². The second-order valence-electron chi connectivity index (χ2n) is 7.79. The maximum absolute atomic E-state index is 13.4. The number of benzene rings is 2. The maximum atomic E-state index is 13.4. The number of allylic oxidation sites excluding steroid dienone is 1. The van der Waals surface area contributed by atoms with E-state index in [2.05, 4.69) is 28.6 Å². The molecule has 0 fully saturated rings. The van der Waals surface area contributed by atoms with Gasteiger partial charge in [0, 0.05) is 39.8 Å². The van der Waals surface area contributed by atoms with Crippen LogP contribution in [0.5, 0.6) is 5.75 Å². The van der Waals surface area contributed by atoms with E-state index in [0.717, 1.165) is 45.8 Å². The van der Waals surface area contributed by atoms with E-state index < -0.39 is 0 Å². The molecule has 5 rings (SSSR count). The van der Waals surface area contributed by atoms with Crippen LogP contribution in [0.2, 0.25) is 5.02 Å². The van der Waals surface area contributed by atoms with E-state index in [4.69, 9.17) is 16.3 Å². The molecule has 2 aliphatic heterocycles. The molecular weight excluding hydrogens is 416 g/mol. The summed E-state index contributed by atoms with van der Waals surface area (Å²) in [7, 11) is 1.66. The number of hydrogen-bond acceptors (Lipinski definition) is 3. The van der Waals surface area contributed by atoms with Gasteiger partial charge < -0.3 is 14.6 Å². The number of nitrogens with zero attached hydrogens (tertiary/aromatic N) is 1. The normalized spacial score (nSPS) is 20.5. The maximum Gasteiger partial charge on any atom is 0.224 e. The highest BCUT2D eigenvalue weighted by atomic mass is 35.5. The standard InChI is InChI=1S/C24H23ClN2O2S/c1-29-17-7-4-15(5-8-17)24-23-19(20-13-16(25)6-9-21(20)26-23)10-11-27(24)22(28)14-18-3-2-12-30-18/h2,4-9,12-13,18,24,26H,3,10-11,14H2,1H3. The van der Waals surface area contributed by atoms with Gasteiger partial charge in [0.25, 0.3) is 0 Å². The molecule has 6 heteroatoms. The number of ether oxygens (including phenoxy) is 1. The van der Waals surface area contributed by atoms with Gasteiger partial charge >= 0.3 is 0 Å². The van der Waals surface area contributed by atoms with Crippen LogP contribution in [0.15, 0.2) is 53.9 Å². The van der Waals surface area contributed by atoms with Crippen molar-refractivity contribution in [3.8, 4) is 5.75 Å². The molecule has 2 aromatic carbocycles. The van der Waals surface area contributed by atoms with E-state index in [1.807, 2.05) is 35.2 Å². The molecule has 2 unspecified atom stereocenters. The third kappa shape index (κ3) is 3.50. The molecule has 0 bridgehead atoms. The van der Waals surface area contributed by atoms with E-state index in [1.165, 1.54) is 5.56 Å². The van der Waals surface area contributed by atoms with Crippen molar-refractivity contribution in [2.75, 3.05) is 13.7 Å². The van der Waals surface area contributed by atoms with Gasteiger partial charge in [-0.2, -0.15) is 0 Å². The van der Waals surface area contributed by atoms with Crippen molar-refractivity contribution in [3.05, 3.63) is 75.8 Å². The highest BCUT2D eigenvalue weighted by molar-refractivity contribution is 8.03. The summed E-state index contributed by atoms with van der Waals surface area (Å²) in [5, 5.41) is 4.33. The Labute approximate surface area is 185 Å². The Balaban J connectivity index is 1.57. The van der Waals surface area contributed by atoms with Gasteiger partial charge in [0.15, 0.2) is 0 Å². The number of aromatic amines is 1. The van der Waals surface area contributed by atoms with Gasteiger partial charge in [-0.05, 0) is 59.7 Å². The highest BCUT2D eigenvalue weighted by Gasteiger charge is 2.35. The first kappa shape index (κ1) is 19.6. The Kier molecular flexibility index (Phi) is 5.25. The lowest BCUT2D eigenvalue weighted by atomic mass is 9.92. The fraction of sp³-hybridized carbons (Fsp3) is 0.292. The third-order valence-corrected chi connectivity index (χ3v) is 7.34. The molecule has 1 aromatic heterocycles. The summed E-state index contributed by atoms with van der Waals surface area (Å²) in [6, 6.07) is 13.8. The zero-order chi connectivity index (χ0) is 20.7. The molecule has 0 saturated carbocycles. The van der Waals surface area contributed by atoms with Gasteiger partial charge in [0.1, 0.15) is 5.75 Å². The number of amides is 1. The fourth-order valence-electron chi connectivity index (χ4n) is 4.54. The summed E-state index contributed by atoms with van der Waals surface area (Å²) >= 11 is 8.04. The Morgan fingerprint density at radius 3 is 2.83 bits per heavy atom. The van der Waals surface area contributed by atoms with Crippen molar-refractivity contribution in [1.29, 1.82) is 0 Å². The molecule has 1 N–H and O–H groups in total. The predicted molar refractivity (Wildman–Crippen MR) is 123 cm³/mol. The van der Waals surface area contributed by atoms with Crippen molar-refractivity contribution in [1.82, 2.24) is 9.88 Å². The SMILES string of the molecule is COc1ccc(C2c3[nH]c4ccc(Cl)cc4c3CCN2C(=O)CC2CC=CS2)cc1. The number of carbonyl (C=O) groups is 1. The van der Waals surface area contributed by atoms with E-state index in [1.54, 1.807) is 18.9 Å². The Bertz CT molecular complexity index is 1110. The third-order valence-electron chi connectivity index (χ3n) is 6.01. The molecule has 1 amide bonds. The molecular formula is C24H23ClN2O2S. The number of H-pyrrole nitrogens is 1. The second-order valence-corrected chi connectivity index (χ2v) is 9.44. The first-order valence-electron chi connectivity index (χ1n) is 10.2. The lowest BCUT2D eigenvalue weighted by Gasteiger charge is -2.37. The van der Waals surface area contributed by atoms with E-state index in [0.29, 0.717) is 18.2 Å². The molecule has 2 aliphatic rings. The lowest BCUT2D eigenvalue weighted by molar-refractivity contribution is -0.133. The first-order chi connectivity index (χ1) is 14.6. The number of hydrogen-bond donors (Lipinski definition) is 1. The van der Waals surface area contributed by atoms with Gasteiger partial charge in [0.05, 0.1) is 13.2 Å². The minimum Gasteiger partial charge on any atom is -0.497 e. The number of halogens is 1. The van der Waals surface area contributed by atoms with Crippen LogP contribution in [0.4, 0.5) is 0 Å². The van der Waals surface area contributed by atoms with E-state index in [9.17, 15) is 4.79 Å². The van der Waals surface area contributed by atoms with Crippen LogP contribution in [0.1, 0.15) is 35.7 Å². The number of rotatable bonds is 4.